The van der Waals surface area contributed by atoms with Crippen molar-refractivity contribution in [2.24, 2.45) is 0 Å². The van der Waals surface area contributed by atoms with E-state index in [1.807, 2.05) is 0 Å². The summed E-state index contributed by atoms with van der Waals surface area (Å²) < 4.78 is 24.1. The van der Waals surface area contributed by atoms with Gasteiger partial charge in [0.15, 0.2) is 0 Å². The first kappa shape index (κ1) is 12.6. The summed E-state index contributed by atoms with van der Waals surface area (Å²) in [4.78, 5) is 5.30. The van der Waals surface area contributed by atoms with Gasteiger partial charge >= 0.3 is 0 Å². The molecule has 0 radical (unpaired) electrons. The molecule has 0 amide bonds. The van der Waals surface area contributed by atoms with Crippen molar-refractivity contribution in [3.63, 3.8) is 0 Å². The van der Waals surface area contributed by atoms with Crippen LogP contribution in [0.15, 0.2) is 12.1 Å². The van der Waals surface area contributed by atoms with Crippen molar-refractivity contribution in [2.45, 2.75) is 13.0 Å². The number of alkyl halides is 2. The van der Waals surface area contributed by atoms with Crippen LogP contribution in [0.25, 0.3) is 0 Å². The lowest BCUT2D eigenvalue weighted by Gasteiger charge is -2.16. The standard InChI is InChI=1S/C9H10Cl2F2N2/c1-15(5-8(12)13)4-6-2-3-7(10)14-9(6)11/h2-3,8H,4-5H2,1H3. The van der Waals surface area contributed by atoms with Gasteiger partial charge in [0.2, 0.25) is 0 Å². The summed E-state index contributed by atoms with van der Waals surface area (Å²) in [6.45, 7) is 0.0340. The van der Waals surface area contributed by atoms with Crippen LogP contribution in [-0.2, 0) is 6.54 Å². The molecule has 0 saturated carbocycles. The lowest BCUT2D eigenvalue weighted by atomic mass is 10.2. The SMILES string of the molecule is CN(Cc1ccc(Cl)nc1Cl)CC(F)F. The summed E-state index contributed by atoms with van der Waals surface area (Å²) in [5, 5.41) is 0.545. The number of rotatable bonds is 4. The number of hydrogen-bond donors (Lipinski definition) is 0. The molecule has 0 bridgehead atoms. The molecule has 0 aliphatic heterocycles. The molecule has 84 valence electrons. The number of nitrogens with zero attached hydrogens (tertiary/aromatic N) is 2. The molecule has 2 nitrogen and oxygen atoms in total. The van der Waals surface area contributed by atoms with Gasteiger partial charge in [-0.15, -0.1) is 0 Å². The van der Waals surface area contributed by atoms with Gasteiger partial charge in [0.1, 0.15) is 10.3 Å². The number of pyridine rings is 1. The summed E-state index contributed by atoms with van der Waals surface area (Å²) in [6.07, 6.45) is -2.35. The van der Waals surface area contributed by atoms with E-state index in [1.54, 1.807) is 19.2 Å². The summed E-state index contributed by atoms with van der Waals surface area (Å²) in [5.74, 6) is 0. The molecule has 0 atom stereocenters. The molecule has 0 unspecified atom stereocenters. The Balaban J connectivity index is 2.64. The zero-order valence-electron chi connectivity index (χ0n) is 8.05. The minimum atomic E-state index is -2.35. The van der Waals surface area contributed by atoms with Crippen LogP contribution in [0.5, 0.6) is 0 Å². The van der Waals surface area contributed by atoms with E-state index < -0.39 is 6.43 Å². The van der Waals surface area contributed by atoms with Gasteiger partial charge in [-0.3, -0.25) is 4.90 Å². The highest BCUT2D eigenvalue weighted by molar-refractivity contribution is 6.32. The smallest absolute Gasteiger partial charge is 0.251 e. The summed E-state index contributed by atoms with van der Waals surface area (Å²) in [7, 11) is 1.59. The van der Waals surface area contributed by atoms with Crippen LogP contribution >= 0.6 is 23.2 Å². The number of aromatic nitrogens is 1. The third-order valence-electron chi connectivity index (χ3n) is 1.78. The molecule has 0 N–H and O–H groups in total. The largest absolute Gasteiger partial charge is 0.296 e. The van der Waals surface area contributed by atoms with Crippen molar-refractivity contribution in [2.75, 3.05) is 13.6 Å². The molecule has 6 heteroatoms. The molecule has 15 heavy (non-hydrogen) atoms. The van der Waals surface area contributed by atoms with Gasteiger partial charge in [-0.25, -0.2) is 13.8 Å². The van der Waals surface area contributed by atoms with Crippen LogP contribution in [0.1, 0.15) is 5.56 Å². The van der Waals surface area contributed by atoms with Gasteiger partial charge in [0.05, 0.1) is 6.54 Å². The van der Waals surface area contributed by atoms with E-state index in [9.17, 15) is 8.78 Å². The zero-order valence-corrected chi connectivity index (χ0v) is 9.56. The van der Waals surface area contributed by atoms with E-state index in [0.29, 0.717) is 17.3 Å². The van der Waals surface area contributed by atoms with Crippen LogP contribution in [0, 0.1) is 0 Å². The normalized spacial score (nSPS) is 11.4. The Labute approximate surface area is 96.8 Å². The predicted octanol–water partition coefficient (Wildman–Crippen LogP) is 3.09. The van der Waals surface area contributed by atoms with E-state index in [-0.39, 0.29) is 11.7 Å². The van der Waals surface area contributed by atoms with Crippen molar-refractivity contribution in [1.29, 1.82) is 0 Å². The first-order valence-corrected chi connectivity index (χ1v) is 5.02. The molecule has 0 fully saturated rings. The van der Waals surface area contributed by atoms with E-state index >= 15 is 0 Å². The van der Waals surface area contributed by atoms with Gasteiger partial charge in [-0.2, -0.15) is 0 Å². The first-order chi connectivity index (χ1) is 6.99. The third-order valence-corrected chi connectivity index (χ3v) is 2.32. The Hall–Kier alpha value is -0.450. The monoisotopic (exact) mass is 254 g/mol. The fraction of sp³-hybridized carbons (Fsp3) is 0.444. The van der Waals surface area contributed by atoms with Crippen molar-refractivity contribution in [3.05, 3.63) is 28.0 Å². The predicted molar refractivity (Wildman–Crippen MR) is 56.6 cm³/mol. The highest BCUT2D eigenvalue weighted by Crippen LogP contribution is 2.18. The molecule has 0 aliphatic rings. The maximum atomic E-state index is 12.0. The molecule has 0 saturated heterocycles. The molecule has 1 aromatic heterocycles. The highest BCUT2D eigenvalue weighted by Gasteiger charge is 2.10. The van der Waals surface area contributed by atoms with Crippen molar-refractivity contribution >= 4 is 23.2 Å². The second-order valence-electron chi connectivity index (χ2n) is 3.17. The molecular formula is C9H10Cl2F2N2. The van der Waals surface area contributed by atoms with Crippen molar-refractivity contribution in [3.8, 4) is 0 Å². The van der Waals surface area contributed by atoms with Crippen LogP contribution in [0.4, 0.5) is 8.78 Å². The fourth-order valence-electron chi connectivity index (χ4n) is 1.15. The van der Waals surface area contributed by atoms with E-state index in [2.05, 4.69) is 4.98 Å². The first-order valence-electron chi connectivity index (χ1n) is 4.26. The molecule has 1 aromatic rings. The molecule has 1 heterocycles. The Kier molecular flexibility index (Phi) is 4.70. The molecule has 0 aromatic carbocycles. The molecular weight excluding hydrogens is 245 g/mol. The minimum absolute atomic E-state index is 0.253. The molecule has 0 aliphatic carbocycles. The summed E-state index contributed by atoms with van der Waals surface area (Å²) in [5.41, 5.74) is 0.684. The van der Waals surface area contributed by atoms with E-state index in [1.165, 1.54) is 4.90 Å². The average molecular weight is 255 g/mol. The second-order valence-corrected chi connectivity index (χ2v) is 3.92. The maximum absolute atomic E-state index is 12.0. The Morgan fingerprint density at radius 3 is 2.60 bits per heavy atom. The highest BCUT2D eigenvalue weighted by atomic mass is 35.5. The summed E-state index contributed by atoms with van der Waals surface area (Å²) in [6, 6.07) is 3.26. The Morgan fingerprint density at radius 2 is 2.07 bits per heavy atom. The topological polar surface area (TPSA) is 16.1 Å². The number of halogens is 4. The third kappa shape index (κ3) is 4.28. The van der Waals surface area contributed by atoms with Gasteiger partial charge < -0.3 is 0 Å². The fourth-order valence-corrected chi connectivity index (χ4v) is 1.55. The second kappa shape index (κ2) is 5.58. The van der Waals surface area contributed by atoms with Crippen molar-refractivity contribution < 1.29 is 8.78 Å². The summed E-state index contributed by atoms with van der Waals surface area (Å²) >= 11 is 11.4. The molecule has 1 rings (SSSR count). The van der Waals surface area contributed by atoms with Crippen molar-refractivity contribution in [1.82, 2.24) is 9.88 Å². The lowest BCUT2D eigenvalue weighted by molar-refractivity contribution is 0.0975. The minimum Gasteiger partial charge on any atom is -0.296 e. The van der Waals surface area contributed by atoms with E-state index in [4.69, 9.17) is 23.2 Å². The van der Waals surface area contributed by atoms with Crippen LogP contribution < -0.4 is 0 Å². The van der Waals surface area contributed by atoms with Gasteiger partial charge in [0, 0.05) is 12.1 Å². The van der Waals surface area contributed by atoms with Gasteiger partial charge in [-0.1, -0.05) is 29.3 Å². The van der Waals surface area contributed by atoms with Crippen LogP contribution in [0.2, 0.25) is 10.3 Å². The zero-order chi connectivity index (χ0) is 11.4. The maximum Gasteiger partial charge on any atom is 0.251 e. The Morgan fingerprint density at radius 1 is 1.40 bits per heavy atom. The number of hydrogen-bond acceptors (Lipinski definition) is 2. The van der Waals surface area contributed by atoms with Crippen LogP contribution in [0.3, 0.4) is 0 Å². The lowest BCUT2D eigenvalue weighted by Crippen LogP contribution is -2.24. The average Bonchev–Trinajstić information content (AvgIpc) is 2.08. The van der Waals surface area contributed by atoms with Gasteiger partial charge in [0.25, 0.3) is 6.43 Å². The molecule has 0 spiro atoms. The van der Waals surface area contributed by atoms with Gasteiger partial charge in [-0.05, 0) is 13.1 Å². The van der Waals surface area contributed by atoms with E-state index in [0.717, 1.165) is 0 Å². The quantitative estimate of drug-likeness (QED) is 0.768. The Bertz CT molecular complexity index is 334. The van der Waals surface area contributed by atoms with Crippen LogP contribution in [-0.4, -0.2) is 29.9 Å².